The molecule has 0 bridgehead atoms. The van der Waals surface area contributed by atoms with E-state index in [1.165, 1.54) is 0 Å². The maximum absolute atomic E-state index is 12.5. The molecule has 6 heteroatoms. The summed E-state index contributed by atoms with van der Waals surface area (Å²) < 4.78 is 0. The van der Waals surface area contributed by atoms with Crippen LogP contribution in [-0.4, -0.2) is 29.2 Å². The minimum absolute atomic E-state index is 0.177. The fourth-order valence-corrected chi connectivity index (χ4v) is 3.09. The van der Waals surface area contributed by atoms with Gasteiger partial charge >= 0.3 is 0 Å². The molecule has 3 rings (SSSR count). The Morgan fingerprint density at radius 3 is 2.50 bits per heavy atom. The lowest BCUT2D eigenvalue weighted by molar-refractivity contribution is -0.128. The maximum Gasteiger partial charge on any atom is 0.255 e. The molecule has 0 atom stereocenters. The van der Waals surface area contributed by atoms with E-state index in [9.17, 15) is 14.4 Å². The van der Waals surface area contributed by atoms with Gasteiger partial charge in [-0.1, -0.05) is 18.2 Å². The molecule has 0 radical (unpaired) electrons. The molecule has 1 aliphatic heterocycles. The van der Waals surface area contributed by atoms with Crippen LogP contribution in [0.1, 0.15) is 44.7 Å². The van der Waals surface area contributed by atoms with Gasteiger partial charge in [0.2, 0.25) is 11.8 Å². The van der Waals surface area contributed by atoms with Crippen molar-refractivity contribution in [1.29, 1.82) is 0 Å². The smallest absolute Gasteiger partial charge is 0.255 e. The molecule has 1 saturated heterocycles. The van der Waals surface area contributed by atoms with E-state index in [1.807, 2.05) is 17.0 Å². The zero-order valence-electron chi connectivity index (χ0n) is 14.6. The molecular formula is C20H21N3O3. The number of carbonyl (C=O) groups is 3. The van der Waals surface area contributed by atoms with E-state index in [0.717, 1.165) is 18.5 Å². The summed E-state index contributed by atoms with van der Waals surface area (Å²) in [4.78, 5) is 37.4. The van der Waals surface area contributed by atoms with Crippen molar-refractivity contribution in [2.24, 2.45) is 5.73 Å². The molecule has 0 unspecified atom stereocenters. The van der Waals surface area contributed by atoms with Crippen LogP contribution in [0.15, 0.2) is 42.5 Å². The maximum atomic E-state index is 12.5. The van der Waals surface area contributed by atoms with Gasteiger partial charge < -0.3 is 16.0 Å². The van der Waals surface area contributed by atoms with Crippen LogP contribution < -0.4 is 11.1 Å². The number of carbonyl (C=O) groups excluding carboxylic acids is 3. The van der Waals surface area contributed by atoms with E-state index in [2.05, 4.69) is 5.32 Å². The van der Waals surface area contributed by atoms with Crippen molar-refractivity contribution in [3.63, 3.8) is 0 Å². The second-order valence-electron chi connectivity index (χ2n) is 6.41. The standard InChI is InChI=1S/C20H21N3O3/c1-13-16(19(21)25)4-2-5-17(13)22-20(26)15-9-7-14(8-10-15)12-23-11-3-6-18(23)24/h2,4-5,7-10H,3,6,11-12H2,1H3,(H2,21,25)(H,22,26). The van der Waals surface area contributed by atoms with E-state index in [0.29, 0.717) is 35.3 Å². The monoisotopic (exact) mass is 351 g/mol. The number of anilines is 1. The number of nitrogens with two attached hydrogens (primary N) is 1. The zero-order valence-corrected chi connectivity index (χ0v) is 14.6. The summed E-state index contributed by atoms with van der Waals surface area (Å²) in [5, 5.41) is 2.81. The highest BCUT2D eigenvalue weighted by Crippen LogP contribution is 2.20. The first-order valence-corrected chi connectivity index (χ1v) is 8.53. The average Bonchev–Trinajstić information content (AvgIpc) is 3.02. The van der Waals surface area contributed by atoms with Gasteiger partial charge in [0.05, 0.1) is 0 Å². The summed E-state index contributed by atoms with van der Waals surface area (Å²) in [5.41, 5.74) is 8.41. The molecular weight excluding hydrogens is 330 g/mol. The van der Waals surface area contributed by atoms with Crippen LogP contribution in [0, 0.1) is 6.92 Å². The van der Waals surface area contributed by atoms with E-state index < -0.39 is 5.91 Å². The average molecular weight is 351 g/mol. The van der Waals surface area contributed by atoms with E-state index in [4.69, 9.17) is 5.73 Å². The Balaban J connectivity index is 1.70. The van der Waals surface area contributed by atoms with Crippen LogP contribution in [0.4, 0.5) is 5.69 Å². The summed E-state index contributed by atoms with van der Waals surface area (Å²) in [5.74, 6) is -0.616. The van der Waals surface area contributed by atoms with Crippen molar-refractivity contribution >= 4 is 23.4 Å². The Morgan fingerprint density at radius 1 is 1.15 bits per heavy atom. The number of amides is 3. The topological polar surface area (TPSA) is 92.5 Å². The molecule has 3 N–H and O–H groups in total. The summed E-state index contributed by atoms with van der Waals surface area (Å²) in [6.07, 6.45) is 1.52. The number of primary amides is 1. The van der Waals surface area contributed by atoms with Gasteiger partial charge in [0, 0.05) is 36.3 Å². The zero-order chi connectivity index (χ0) is 18.7. The molecule has 0 aliphatic carbocycles. The first kappa shape index (κ1) is 17.7. The number of nitrogens with one attached hydrogen (secondary N) is 1. The van der Waals surface area contributed by atoms with Gasteiger partial charge in [-0.25, -0.2) is 0 Å². The fraction of sp³-hybridized carbons (Fsp3) is 0.250. The van der Waals surface area contributed by atoms with Crippen LogP contribution in [-0.2, 0) is 11.3 Å². The predicted molar refractivity (Wildman–Crippen MR) is 98.7 cm³/mol. The van der Waals surface area contributed by atoms with Crippen LogP contribution in [0.3, 0.4) is 0 Å². The molecule has 0 spiro atoms. The molecule has 2 aromatic carbocycles. The molecule has 6 nitrogen and oxygen atoms in total. The first-order valence-electron chi connectivity index (χ1n) is 8.53. The highest BCUT2D eigenvalue weighted by Gasteiger charge is 2.20. The van der Waals surface area contributed by atoms with Crippen molar-refractivity contribution in [3.8, 4) is 0 Å². The van der Waals surface area contributed by atoms with Crippen LogP contribution in [0.5, 0.6) is 0 Å². The van der Waals surface area contributed by atoms with E-state index >= 15 is 0 Å². The Kier molecular flexibility index (Phi) is 5.02. The highest BCUT2D eigenvalue weighted by atomic mass is 16.2. The molecule has 134 valence electrons. The Bertz CT molecular complexity index is 859. The second kappa shape index (κ2) is 7.39. The first-order chi connectivity index (χ1) is 12.5. The van der Waals surface area contributed by atoms with Gasteiger partial charge in [-0.3, -0.25) is 14.4 Å². The quantitative estimate of drug-likeness (QED) is 0.867. The third-order valence-corrected chi connectivity index (χ3v) is 4.61. The van der Waals surface area contributed by atoms with Gasteiger partial charge in [-0.15, -0.1) is 0 Å². The molecule has 0 aromatic heterocycles. The minimum Gasteiger partial charge on any atom is -0.366 e. The summed E-state index contributed by atoms with van der Waals surface area (Å²) in [6.45, 7) is 3.10. The number of nitrogens with zero attached hydrogens (tertiary/aromatic N) is 1. The summed E-state index contributed by atoms with van der Waals surface area (Å²) >= 11 is 0. The number of benzene rings is 2. The predicted octanol–water partition coefficient (Wildman–Crippen LogP) is 2.47. The third-order valence-electron chi connectivity index (χ3n) is 4.61. The normalized spacial score (nSPS) is 13.7. The lowest BCUT2D eigenvalue weighted by Crippen LogP contribution is -2.23. The van der Waals surface area contributed by atoms with E-state index in [1.54, 1.807) is 37.3 Å². The van der Waals surface area contributed by atoms with E-state index in [-0.39, 0.29) is 11.8 Å². The SMILES string of the molecule is Cc1c(NC(=O)c2ccc(CN3CCCC3=O)cc2)cccc1C(N)=O. The molecule has 1 aliphatic rings. The van der Waals surface area contributed by atoms with Gasteiger partial charge in [0.25, 0.3) is 5.91 Å². The third kappa shape index (κ3) is 3.74. The summed E-state index contributed by atoms with van der Waals surface area (Å²) in [7, 11) is 0. The molecule has 2 aromatic rings. The lowest BCUT2D eigenvalue weighted by atomic mass is 10.1. The van der Waals surface area contributed by atoms with Gasteiger partial charge in [0.1, 0.15) is 0 Å². The Labute approximate surface area is 152 Å². The molecule has 3 amide bonds. The highest BCUT2D eigenvalue weighted by molar-refractivity contribution is 6.05. The Morgan fingerprint density at radius 2 is 1.88 bits per heavy atom. The van der Waals surface area contributed by atoms with Crippen molar-refractivity contribution in [2.45, 2.75) is 26.3 Å². The van der Waals surface area contributed by atoms with Gasteiger partial charge in [-0.2, -0.15) is 0 Å². The van der Waals surface area contributed by atoms with Crippen molar-refractivity contribution < 1.29 is 14.4 Å². The van der Waals surface area contributed by atoms with Crippen LogP contribution in [0.2, 0.25) is 0 Å². The van der Waals surface area contributed by atoms with Crippen LogP contribution in [0.25, 0.3) is 0 Å². The second-order valence-corrected chi connectivity index (χ2v) is 6.41. The van der Waals surface area contributed by atoms with Gasteiger partial charge in [-0.05, 0) is 48.7 Å². The number of likely N-dealkylation sites (tertiary alicyclic amines) is 1. The summed E-state index contributed by atoms with van der Waals surface area (Å²) in [6, 6.07) is 12.2. The minimum atomic E-state index is -0.528. The largest absolute Gasteiger partial charge is 0.366 e. The number of rotatable bonds is 5. The number of hydrogen-bond acceptors (Lipinski definition) is 3. The number of hydrogen-bond donors (Lipinski definition) is 2. The van der Waals surface area contributed by atoms with Crippen molar-refractivity contribution in [3.05, 3.63) is 64.7 Å². The molecule has 26 heavy (non-hydrogen) atoms. The lowest BCUT2D eigenvalue weighted by Gasteiger charge is -2.15. The van der Waals surface area contributed by atoms with Crippen LogP contribution >= 0.6 is 0 Å². The molecule has 0 saturated carbocycles. The Hall–Kier alpha value is -3.15. The molecule has 1 heterocycles. The molecule has 1 fully saturated rings. The van der Waals surface area contributed by atoms with Gasteiger partial charge in [0.15, 0.2) is 0 Å². The van der Waals surface area contributed by atoms with Crippen molar-refractivity contribution in [1.82, 2.24) is 4.90 Å². The fourth-order valence-electron chi connectivity index (χ4n) is 3.09. The van der Waals surface area contributed by atoms with Crippen molar-refractivity contribution in [2.75, 3.05) is 11.9 Å².